The van der Waals surface area contributed by atoms with Crippen LogP contribution in [-0.4, -0.2) is 74.1 Å². The molecule has 1 heterocycles. The average molecular weight is 379 g/mol. The van der Waals surface area contributed by atoms with Crippen LogP contribution in [0.3, 0.4) is 0 Å². The van der Waals surface area contributed by atoms with Crippen LogP contribution in [0.2, 0.25) is 0 Å². The minimum Gasteiger partial charge on any atom is -0.378 e. The third-order valence-electron chi connectivity index (χ3n) is 4.85. The molecule has 1 N–H and O–H groups in total. The van der Waals surface area contributed by atoms with E-state index in [0.717, 1.165) is 18.7 Å². The van der Waals surface area contributed by atoms with Crippen LogP contribution < -0.4 is 5.32 Å². The minimum absolute atomic E-state index is 0.0225. The van der Waals surface area contributed by atoms with Crippen molar-refractivity contribution in [1.82, 2.24) is 15.1 Å². The number of nitrogens with zero attached hydrogens (tertiary/aromatic N) is 2. The Kier molecular flexibility index (Phi) is 8.67. The number of benzene rings is 1. The molecule has 1 aromatic carbocycles. The SMILES string of the molecule is CCN(CC)CC(=O)NCC(Cc1cccc(F)c1)C(=O)N1CCOCC1. The topological polar surface area (TPSA) is 61.9 Å². The van der Waals surface area contributed by atoms with Crippen LogP contribution in [0.25, 0.3) is 0 Å². The first-order chi connectivity index (χ1) is 13.0. The third kappa shape index (κ3) is 6.92. The van der Waals surface area contributed by atoms with E-state index in [1.54, 1.807) is 17.0 Å². The molecule has 0 aromatic heterocycles. The molecule has 0 aliphatic carbocycles. The zero-order chi connectivity index (χ0) is 19.6. The number of halogens is 1. The number of morpholine rings is 1. The van der Waals surface area contributed by atoms with Gasteiger partial charge in [-0.05, 0) is 37.2 Å². The van der Waals surface area contributed by atoms with E-state index in [1.807, 2.05) is 18.7 Å². The second kappa shape index (κ2) is 11.0. The molecule has 150 valence electrons. The fourth-order valence-electron chi connectivity index (χ4n) is 3.18. The fraction of sp³-hybridized carbons (Fsp3) is 0.600. The zero-order valence-corrected chi connectivity index (χ0v) is 16.2. The van der Waals surface area contributed by atoms with E-state index in [-0.39, 0.29) is 24.2 Å². The van der Waals surface area contributed by atoms with Gasteiger partial charge in [-0.25, -0.2) is 4.39 Å². The number of amides is 2. The number of rotatable bonds is 9. The van der Waals surface area contributed by atoms with Gasteiger partial charge in [0, 0.05) is 19.6 Å². The number of hydrogen-bond acceptors (Lipinski definition) is 4. The summed E-state index contributed by atoms with van der Waals surface area (Å²) in [6.07, 6.45) is 0.388. The highest BCUT2D eigenvalue weighted by atomic mass is 19.1. The Morgan fingerprint density at radius 2 is 1.96 bits per heavy atom. The molecule has 7 heteroatoms. The molecule has 1 aliphatic heterocycles. The Morgan fingerprint density at radius 3 is 2.59 bits per heavy atom. The number of hydrogen-bond donors (Lipinski definition) is 1. The van der Waals surface area contributed by atoms with Crippen molar-refractivity contribution in [3.05, 3.63) is 35.6 Å². The van der Waals surface area contributed by atoms with Crippen LogP contribution in [0.4, 0.5) is 4.39 Å². The second-order valence-corrected chi connectivity index (χ2v) is 6.73. The summed E-state index contributed by atoms with van der Waals surface area (Å²) < 4.78 is 18.8. The van der Waals surface area contributed by atoms with Gasteiger partial charge in [-0.1, -0.05) is 26.0 Å². The van der Waals surface area contributed by atoms with Gasteiger partial charge >= 0.3 is 0 Å². The van der Waals surface area contributed by atoms with Crippen molar-refractivity contribution < 1.29 is 18.7 Å². The van der Waals surface area contributed by atoms with Crippen molar-refractivity contribution in [1.29, 1.82) is 0 Å². The molecule has 0 radical (unpaired) electrons. The molecule has 0 spiro atoms. The first kappa shape index (κ1) is 21.3. The lowest BCUT2D eigenvalue weighted by Gasteiger charge is -2.30. The molecule has 1 fully saturated rings. The standard InChI is InChI=1S/C20H30FN3O3/c1-3-23(4-2)15-19(25)22-14-17(12-16-6-5-7-18(21)13-16)20(26)24-8-10-27-11-9-24/h5-7,13,17H,3-4,8-12,14-15H2,1-2H3,(H,22,25). The summed E-state index contributed by atoms with van der Waals surface area (Å²) in [6.45, 7) is 8.29. The molecule has 6 nitrogen and oxygen atoms in total. The molecule has 1 atom stereocenters. The molecule has 1 aliphatic rings. The lowest BCUT2D eigenvalue weighted by atomic mass is 9.97. The molecule has 1 unspecified atom stereocenters. The average Bonchev–Trinajstić information content (AvgIpc) is 2.69. The van der Waals surface area contributed by atoms with E-state index in [9.17, 15) is 14.0 Å². The molecule has 2 rings (SSSR count). The van der Waals surface area contributed by atoms with Crippen LogP contribution in [0.1, 0.15) is 19.4 Å². The molecular formula is C20H30FN3O3. The molecule has 1 saturated heterocycles. The molecular weight excluding hydrogens is 349 g/mol. The Morgan fingerprint density at radius 1 is 1.26 bits per heavy atom. The minimum atomic E-state index is -0.425. The van der Waals surface area contributed by atoms with Crippen molar-refractivity contribution >= 4 is 11.8 Å². The van der Waals surface area contributed by atoms with Crippen molar-refractivity contribution in [3.8, 4) is 0 Å². The van der Waals surface area contributed by atoms with Crippen LogP contribution in [0, 0.1) is 11.7 Å². The Bertz CT molecular complexity index is 616. The van der Waals surface area contributed by atoms with Crippen molar-refractivity contribution in [2.75, 3.05) is 52.5 Å². The maximum absolute atomic E-state index is 13.5. The summed E-state index contributed by atoms with van der Waals surface area (Å²) in [5.41, 5.74) is 0.750. The highest BCUT2D eigenvalue weighted by Crippen LogP contribution is 2.14. The van der Waals surface area contributed by atoms with Crippen molar-refractivity contribution in [2.24, 2.45) is 5.92 Å². The summed E-state index contributed by atoms with van der Waals surface area (Å²) in [7, 11) is 0. The molecule has 0 saturated carbocycles. The maximum atomic E-state index is 13.5. The summed E-state index contributed by atoms with van der Waals surface area (Å²) in [5.74, 6) is -0.871. The predicted octanol–water partition coefficient (Wildman–Crippen LogP) is 1.30. The zero-order valence-electron chi connectivity index (χ0n) is 16.2. The maximum Gasteiger partial charge on any atom is 0.234 e. The first-order valence-electron chi connectivity index (χ1n) is 9.63. The van der Waals surface area contributed by atoms with Gasteiger partial charge in [0.25, 0.3) is 0 Å². The van der Waals surface area contributed by atoms with E-state index in [4.69, 9.17) is 4.74 Å². The van der Waals surface area contributed by atoms with Crippen LogP contribution in [0.5, 0.6) is 0 Å². The number of carbonyl (C=O) groups excluding carboxylic acids is 2. The molecule has 0 bridgehead atoms. The van der Waals surface area contributed by atoms with Gasteiger partial charge in [-0.3, -0.25) is 14.5 Å². The quantitative estimate of drug-likeness (QED) is 0.703. The summed E-state index contributed by atoms with van der Waals surface area (Å²) >= 11 is 0. The lowest BCUT2D eigenvalue weighted by Crippen LogP contribution is -2.48. The van der Waals surface area contributed by atoms with Gasteiger partial charge in [-0.15, -0.1) is 0 Å². The molecule has 27 heavy (non-hydrogen) atoms. The van der Waals surface area contributed by atoms with E-state index < -0.39 is 5.92 Å². The Balaban J connectivity index is 2.02. The number of ether oxygens (including phenoxy) is 1. The predicted molar refractivity (Wildman–Crippen MR) is 102 cm³/mol. The van der Waals surface area contributed by atoms with E-state index >= 15 is 0 Å². The van der Waals surface area contributed by atoms with Crippen LogP contribution in [-0.2, 0) is 20.7 Å². The summed E-state index contributed by atoms with van der Waals surface area (Å²) in [5, 5.41) is 2.88. The Hall–Kier alpha value is -1.99. The van der Waals surface area contributed by atoms with E-state index in [2.05, 4.69) is 5.32 Å². The normalized spacial score (nSPS) is 15.6. The van der Waals surface area contributed by atoms with Crippen molar-refractivity contribution in [3.63, 3.8) is 0 Å². The van der Waals surface area contributed by atoms with Gasteiger partial charge in [-0.2, -0.15) is 0 Å². The van der Waals surface area contributed by atoms with Gasteiger partial charge < -0.3 is 15.0 Å². The summed E-state index contributed by atoms with van der Waals surface area (Å²) in [4.78, 5) is 29.0. The van der Waals surface area contributed by atoms with Crippen LogP contribution >= 0.6 is 0 Å². The second-order valence-electron chi connectivity index (χ2n) is 6.73. The van der Waals surface area contributed by atoms with Gasteiger partial charge in [0.2, 0.25) is 11.8 Å². The number of nitrogens with one attached hydrogen (secondary N) is 1. The number of carbonyl (C=O) groups is 2. The third-order valence-corrected chi connectivity index (χ3v) is 4.85. The molecule has 2 amide bonds. The van der Waals surface area contributed by atoms with Crippen LogP contribution in [0.15, 0.2) is 24.3 Å². The first-order valence-corrected chi connectivity index (χ1v) is 9.63. The fourth-order valence-corrected chi connectivity index (χ4v) is 3.18. The smallest absolute Gasteiger partial charge is 0.234 e. The van der Waals surface area contributed by atoms with E-state index in [0.29, 0.717) is 39.3 Å². The summed E-state index contributed by atoms with van der Waals surface area (Å²) in [6, 6.07) is 6.27. The van der Waals surface area contributed by atoms with Gasteiger partial charge in [0.15, 0.2) is 0 Å². The highest BCUT2D eigenvalue weighted by molar-refractivity contribution is 5.82. The largest absolute Gasteiger partial charge is 0.378 e. The van der Waals surface area contributed by atoms with Gasteiger partial charge in [0.1, 0.15) is 5.82 Å². The van der Waals surface area contributed by atoms with Crippen molar-refractivity contribution in [2.45, 2.75) is 20.3 Å². The number of likely N-dealkylation sites (N-methyl/N-ethyl adjacent to an activating group) is 1. The molecule has 1 aromatic rings. The van der Waals surface area contributed by atoms with E-state index in [1.165, 1.54) is 12.1 Å². The highest BCUT2D eigenvalue weighted by Gasteiger charge is 2.26. The lowest BCUT2D eigenvalue weighted by molar-refractivity contribution is -0.139. The Labute approximate surface area is 160 Å². The van der Waals surface area contributed by atoms with Gasteiger partial charge in [0.05, 0.1) is 25.7 Å². The monoisotopic (exact) mass is 379 g/mol.